The third-order valence-corrected chi connectivity index (χ3v) is 5.30. The molecule has 0 fully saturated rings. The number of carbonyl (C=O) groups is 1. The number of amides is 1. The van der Waals surface area contributed by atoms with Gasteiger partial charge in [0.25, 0.3) is 5.91 Å². The second-order valence-corrected chi connectivity index (χ2v) is 7.31. The Bertz CT molecular complexity index is 746. The average molecular weight is 335 g/mol. The Labute approximate surface area is 136 Å². The Balaban J connectivity index is 2.09. The van der Waals surface area contributed by atoms with Crippen molar-refractivity contribution in [1.29, 1.82) is 0 Å². The molecule has 1 heterocycles. The maximum Gasteiger partial charge on any atom is 0.287 e. The SMILES string of the molecule is CCC(CC)NC(=O)c1ccc(CS(=O)(=O)c2ccccc2)o1. The summed E-state index contributed by atoms with van der Waals surface area (Å²) in [5.41, 5.74) is 0. The molecule has 0 spiro atoms. The molecule has 0 aliphatic rings. The minimum atomic E-state index is -3.48. The van der Waals surface area contributed by atoms with Crippen molar-refractivity contribution in [2.24, 2.45) is 0 Å². The van der Waals surface area contributed by atoms with Crippen LogP contribution < -0.4 is 5.32 Å². The number of hydrogen-bond donors (Lipinski definition) is 1. The molecule has 2 rings (SSSR count). The van der Waals surface area contributed by atoms with E-state index in [1.54, 1.807) is 30.3 Å². The Morgan fingerprint density at radius 2 is 1.74 bits per heavy atom. The lowest BCUT2D eigenvalue weighted by atomic mass is 10.2. The van der Waals surface area contributed by atoms with Crippen LogP contribution in [0.4, 0.5) is 0 Å². The van der Waals surface area contributed by atoms with Crippen molar-refractivity contribution in [2.45, 2.75) is 43.4 Å². The number of sulfone groups is 1. The summed E-state index contributed by atoms with van der Waals surface area (Å²) in [6, 6.07) is 11.3. The lowest BCUT2D eigenvalue weighted by molar-refractivity contribution is 0.0905. The van der Waals surface area contributed by atoms with E-state index in [0.29, 0.717) is 0 Å². The fourth-order valence-electron chi connectivity index (χ4n) is 2.23. The van der Waals surface area contributed by atoms with Crippen molar-refractivity contribution in [3.05, 3.63) is 54.0 Å². The fourth-order valence-corrected chi connectivity index (χ4v) is 3.49. The summed E-state index contributed by atoms with van der Waals surface area (Å²) in [5, 5.41) is 2.86. The number of nitrogens with one attached hydrogen (secondary N) is 1. The maximum absolute atomic E-state index is 12.3. The van der Waals surface area contributed by atoms with Crippen LogP contribution in [-0.2, 0) is 15.6 Å². The Morgan fingerprint density at radius 3 is 2.35 bits per heavy atom. The van der Waals surface area contributed by atoms with E-state index >= 15 is 0 Å². The number of rotatable bonds is 7. The highest BCUT2D eigenvalue weighted by molar-refractivity contribution is 7.90. The van der Waals surface area contributed by atoms with Crippen molar-refractivity contribution in [2.75, 3.05) is 0 Å². The number of hydrogen-bond acceptors (Lipinski definition) is 4. The molecule has 1 aromatic carbocycles. The van der Waals surface area contributed by atoms with E-state index in [0.717, 1.165) is 12.8 Å². The third-order valence-electron chi connectivity index (χ3n) is 3.64. The quantitative estimate of drug-likeness (QED) is 0.843. The lowest BCUT2D eigenvalue weighted by Crippen LogP contribution is -2.33. The van der Waals surface area contributed by atoms with Crippen LogP contribution in [0.15, 0.2) is 51.8 Å². The summed E-state index contributed by atoms with van der Waals surface area (Å²) >= 11 is 0. The van der Waals surface area contributed by atoms with Crippen LogP contribution in [0.2, 0.25) is 0 Å². The zero-order valence-electron chi connectivity index (χ0n) is 13.3. The van der Waals surface area contributed by atoms with E-state index in [4.69, 9.17) is 4.42 Å². The molecule has 0 radical (unpaired) electrons. The molecule has 0 atom stereocenters. The van der Waals surface area contributed by atoms with Gasteiger partial charge in [0.05, 0.1) is 4.90 Å². The van der Waals surface area contributed by atoms with Crippen LogP contribution >= 0.6 is 0 Å². The summed E-state index contributed by atoms with van der Waals surface area (Å²) in [6.07, 6.45) is 1.66. The van der Waals surface area contributed by atoms with Gasteiger partial charge in [0.1, 0.15) is 11.5 Å². The molecule has 0 unspecified atom stereocenters. The first-order valence-electron chi connectivity index (χ1n) is 7.63. The molecule has 1 amide bonds. The Morgan fingerprint density at radius 1 is 1.09 bits per heavy atom. The van der Waals surface area contributed by atoms with E-state index < -0.39 is 9.84 Å². The predicted molar refractivity (Wildman–Crippen MR) is 87.9 cm³/mol. The minimum Gasteiger partial charge on any atom is -0.455 e. The molecule has 0 aliphatic heterocycles. The van der Waals surface area contributed by atoms with E-state index in [1.165, 1.54) is 12.1 Å². The van der Waals surface area contributed by atoms with Crippen LogP contribution in [-0.4, -0.2) is 20.4 Å². The van der Waals surface area contributed by atoms with Gasteiger partial charge >= 0.3 is 0 Å². The van der Waals surface area contributed by atoms with Crippen LogP contribution in [0.3, 0.4) is 0 Å². The molecular formula is C17H21NO4S. The van der Waals surface area contributed by atoms with Crippen LogP contribution in [0, 0.1) is 0 Å². The molecule has 6 heteroatoms. The molecule has 124 valence electrons. The summed E-state index contributed by atoms with van der Waals surface area (Å²) < 4.78 is 30.0. The first-order valence-corrected chi connectivity index (χ1v) is 9.29. The highest BCUT2D eigenvalue weighted by Crippen LogP contribution is 2.18. The minimum absolute atomic E-state index is 0.0871. The van der Waals surface area contributed by atoms with Gasteiger partial charge in [-0.2, -0.15) is 0 Å². The molecule has 1 aromatic heterocycles. The number of carbonyl (C=O) groups excluding carboxylic acids is 1. The van der Waals surface area contributed by atoms with Gasteiger partial charge in [-0.3, -0.25) is 4.79 Å². The summed E-state index contributed by atoms with van der Waals surface area (Å²) in [7, 11) is -3.48. The maximum atomic E-state index is 12.3. The van der Waals surface area contributed by atoms with Gasteiger partial charge in [0.15, 0.2) is 15.6 Å². The smallest absolute Gasteiger partial charge is 0.287 e. The molecule has 5 nitrogen and oxygen atoms in total. The van der Waals surface area contributed by atoms with E-state index in [2.05, 4.69) is 5.32 Å². The standard InChI is InChI=1S/C17H21NO4S/c1-3-13(4-2)18-17(19)16-11-10-14(22-16)12-23(20,21)15-8-6-5-7-9-15/h5-11,13H,3-4,12H2,1-2H3,(H,18,19). The Hall–Kier alpha value is -2.08. The molecular weight excluding hydrogens is 314 g/mol. The van der Waals surface area contributed by atoms with Crippen LogP contribution in [0.25, 0.3) is 0 Å². The first-order chi connectivity index (χ1) is 11.0. The molecule has 0 bridgehead atoms. The van der Waals surface area contributed by atoms with E-state index in [9.17, 15) is 13.2 Å². The van der Waals surface area contributed by atoms with Crippen molar-refractivity contribution in [3.8, 4) is 0 Å². The number of benzene rings is 1. The first kappa shape index (κ1) is 17.3. The molecule has 0 saturated carbocycles. The summed E-state index contributed by atoms with van der Waals surface area (Å²) in [6.45, 7) is 3.99. The van der Waals surface area contributed by atoms with E-state index in [-0.39, 0.29) is 34.1 Å². The fraction of sp³-hybridized carbons (Fsp3) is 0.353. The van der Waals surface area contributed by atoms with Gasteiger partial charge in [0.2, 0.25) is 0 Å². The molecule has 0 aliphatic carbocycles. The zero-order valence-corrected chi connectivity index (χ0v) is 14.1. The third kappa shape index (κ3) is 4.45. The Kier molecular flexibility index (Phi) is 5.60. The van der Waals surface area contributed by atoms with Crippen molar-refractivity contribution in [1.82, 2.24) is 5.32 Å². The molecule has 0 saturated heterocycles. The molecule has 1 N–H and O–H groups in total. The van der Waals surface area contributed by atoms with Crippen molar-refractivity contribution < 1.29 is 17.6 Å². The van der Waals surface area contributed by atoms with Crippen molar-refractivity contribution in [3.63, 3.8) is 0 Å². The van der Waals surface area contributed by atoms with Crippen LogP contribution in [0.1, 0.15) is 43.0 Å². The predicted octanol–water partition coefficient (Wildman–Crippen LogP) is 3.17. The van der Waals surface area contributed by atoms with E-state index in [1.807, 2.05) is 13.8 Å². The second kappa shape index (κ2) is 7.46. The van der Waals surface area contributed by atoms with Gasteiger partial charge in [-0.1, -0.05) is 32.0 Å². The summed E-state index contributed by atoms with van der Waals surface area (Å²) in [4.78, 5) is 12.3. The molecule has 2 aromatic rings. The lowest BCUT2D eigenvalue weighted by Gasteiger charge is -2.13. The average Bonchev–Trinajstić information content (AvgIpc) is 3.01. The second-order valence-electron chi connectivity index (χ2n) is 5.32. The van der Waals surface area contributed by atoms with Gasteiger partial charge in [-0.05, 0) is 37.1 Å². The number of furan rings is 1. The largest absolute Gasteiger partial charge is 0.455 e. The highest BCUT2D eigenvalue weighted by atomic mass is 32.2. The summed E-state index contributed by atoms with van der Waals surface area (Å²) in [5.74, 6) is -0.198. The van der Waals surface area contributed by atoms with Gasteiger partial charge < -0.3 is 9.73 Å². The van der Waals surface area contributed by atoms with Gasteiger partial charge in [0, 0.05) is 6.04 Å². The zero-order chi connectivity index (χ0) is 16.9. The monoisotopic (exact) mass is 335 g/mol. The topological polar surface area (TPSA) is 76.4 Å². The van der Waals surface area contributed by atoms with Crippen molar-refractivity contribution >= 4 is 15.7 Å². The molecule has 23 heavy (non-hydrogen) atoms. The van der Waals surface area contributed by atoms with Gasteiger partial charge in [-0.25, -0.2) is 8.42 Å². The van der Waals surface area contributed by atoms with Crippen LogP contribution in [0.5, 0.6) is 0 Å². The van der Waals surface area contributed by atoms with Gasteiger partial charge in [-0.15, -0.1) is 0 Å². The highest BCUT2D eigenvalue weighted by Gasteiger charge is 2.19. The normalized spacial score (nSPS) is 11.6.